The van der Waals surface area contributed by atoms with Gasteiger partial charge in [-0.05, 0) is 22.4 Å². The normalized spacial score (nSPS) is 12.5. The lowest BCUT2D eigenvalue weighted by molar-refractivity contribution is 0.178. The van der Waals surface area contributed by atoms with Crippen LogP contribution in [0.4, 0.5) is 0 Å². The van der Waals surface area contributed by atoms with Gasteiger partial charge in [0.2, 0.25) is 0 Å². The number of hydrogen-bond acceptors (Lipinski definition) is 1. The Hall–Kier alpha value is -1.54. The first-order chi connectivity index (χ1) is 10.1. The molecule has 3 aromatic rings. The molecule has 106 valence electrons. The molecular formula is C18H14Cl2O. The fraction of sp³-hybridized carbons (Fsp3) is 0.111. The molecule has 0 radical (unpaired) electrons. The van der Waals surface area contributed by atoms with Crippen molar-refractivity contribution < 1.29 is 5.11 Å². The van der Waals surface area contributed by atoms with Gasteiger partial charge in [0.1, 0.15) is 0 Å². The molecule has 1 atom stereocenters. The molecule has 0 heterocycles. The molecule has 0 fully saturated rings. The van der Waals surface area contributed by atoms with Gasteiger partial charge in [0.25, 0.3) is 0 Å². The second kappa shape index (κ2) is 6.07. The molecule has 3 heteroatoms. The van der Waals surface area contributed by atoms with Crippen LogP contribution in [0.2, 0.25) is 10.0 Å². The highest BCUT2D eigenvalue weighted by Crippen LogP contribution is 2.31. The molecule has 21 heavy (non-hydrogen) atoms. The lowest BCUT2D eigenvalue weighted by Gasteiger charge is -2.14. The Labute approximate surface area is 133 Å². The summed E-state index contributed by atoms with van der Waals surface area (Å²) in [6, 6.07) is 19.7. The van der Waals surface area contributed by atoms with Crippen LogP contribution < -0.4 is 0 Å². The first-order valence-electron chi connectivity index (χ1n) is 6.75. The average molecular weight is 317 g/mol. The van der Waals surface area contributed by atoms with E-state index < -0.39 is 6.10 Å². The number of rotatable bonds is 3. The van der Waals surface area contributed by atoms with E-state index in [0.717, 1.165) is 5.56 Å². The van der Waals surface area contributed by atoms with E-state index in [4.69, 9.17) is 23.2 Å². The fourth-order valence-corrected chi connectivity index (χ4v) is 2.91. The molecule has 0 bridgehead atoms. The van der Waals surface area contributed by atoms with Gasteiger partial charge in [-0.2, -0.15) is 0 Å². The van der Waals surface area contributed by atoms with Crippen molar-refractivity contribution in [2.75, 3.05) is 0 Å². The number of aliphatic hydroxyl groups excluding tert-OH is 1. The Bertz CT molecular complexity index is 783. The minimum absolute atomic E-state index is 0.424. The van der Waals surface area contributed by atoms with Crippen molar-refractivity contribution in [3.05, 3.63) is 81.8 Å². The Balaban J connectivity index is 1.89. The number of fused-ring (bicyclic) bond motifs is 1. The van der Waals surface area contributed by atoms with Gasteiger partial charge in [-0.1, -0.05) is 77.8 Å². The van der Waals surface area contributed by atoms with Crippen molar-refractivity contribution >= 4 is 34.0 Å². The van der Waals surface area contributed by atoms with Gasteiger partial charge in [0.05, 0.1) is 16.1 Å². The van der Waals surface area contributed by atoms with Crippen LogP contribution in [0.25, 0.3) is 10.8 Å². The van der Waals surface area contributed by atoms with Gasteiger partial charge in [-0.25, -0.2) is 0 Å². The van der Waals surface area contributed by atoms with Gasteiger partial charge in [0.15, 0.2) is 0 Å². The predicted molar refractivity (Wildman–Crippen MR) is 89.1 cm³/mol. The molecule has 0 spiro atoms. The molecular weight excluding hydrogens is 303 g/mol. The summed E-state index contributed by atoms with van der Waals surface area (Å²) >= 11 is 12.2. The minimum Gasteiger partial charge on any atom is -0.388 e. The Morgan fingerprint density at radius 3 is 2.43 bits per heavy atom. The number of hydrogen-bond donors (Lipinski definition) is 1. The second-order valence-corrected chi connectivity index (χ2v) is 5.83. The third-order valence-corrected chi connectivity index (χ3v) is 4.42. The van der Waals surface area contributed by atoms with Crippen molar-refractivity contribution in [1.82, 2.24) is 0 Å². The van der Waals surface area contributed by atoms with Crippen LogP contribution in [0.3, 0.4) is 0 Å². The fourth-order valence-electron chi connectivity index (χ4n) is 2.48. The Kier molecular flexibility index (Phi) is 4.16. The second-order valence-electron chi connectivity index (χ2n) is 5.04. The van der Waals surface area contributed by atoms with Crippen LogP contribution >= 0.6 is 23.2 Å². The highest BCUT2D eigenvalue weighted by Gasteiger charge is 2.14. The smallest absolute Gasteiger partial charge is 0.0845 e. The third-order valence-electron chi connectivity index (χ3n) is 3.58. The summed E-state index contributed by atoms with van der Waals surface area (Å²) in [5.74, 6) is 0. The van der Waals surface area contributed by atoms with Crippen LogP contribution in [0.1, 0.15) is 17.2 Å². The quantitative estimate of drug-likeness (QED) is 0.683. The molecule has 3 aromatic carbocycles. The van der Waals surface area contributed by atoms with E-state index in [1.54, 1.807) is 18.2 Å². The van der Waals surface area contributed by atoms with Crippen LogP contribution in [-0.2, 0) is 6.42 Å². The molecule has 1 N–H and O–H groups in total. The van der Waals surface area contributed by atoms with Crippen LogP contribution in [0, 0.1) is 0 Å². The molecule has 0 amide bonds. The van der Waals surface area contributed by atoms with Gasteiger partial charge in [-0.3, -0.25) is 0 Å². The van der Waals surface area contributed by atoms with E-state index in [2.05, 4.69) is 24.3 Å². The lowest BCUT2D eigenvalue weighted by atomic mass is 9.99. The van der Waals surface area contributed by atoms with Crippen molar-refractivity contribution in [2.24, 2.45) is 0 Å². The van der Waals surface area contributed by atoms with Crippen LogP contribution in [0.5, 0.6) is 0 Å². The summed E-state index contributed by atoms with van der Waals surface area (Å²) in [5.41, 5.74) is 1.73. The van der Waals surface area contributed by atoms with E-state index in [0.29, 0.717) is 22.0 Å². The number of benzene rings is 3. The van der Waals surface area contributed by atoms with Crippen LogP contribution in [-0.4, -0.2) is 5.11 Å². The third kappa shape index (κ3) is 3.06. The maximum atomic E-state index is 10.4. The van der Waals surface area contributed by atoms with E-state index in [9.17, 15) is 5.11 Å². The van der Waals surface area contributed by atoms with Gasteiger partial charge >= 0.3 is 0 Å². The number of aliphatic hydroxyl groups is 1. The van der Waals surface area contributed by atoms with Gasteiger partial charge < -0.3 is 5.11 Å². The van der Waals surface area contributed by atoms with E-state index >= 15 is 0 Å². The van der Waals surface area contributed by atoms with Gasteiger partial charge in [-0.15, -0.1) is 0 Å². The maximum Gasteiger partial charge on any atom is 0.0845 e. The molecule has 0 aromatic heterocycles. The molecule has 0 aliphatic heterocycles. The average Bonchev–Trinajstić information content (AvgIpc) is 2.50. The zero-order valence-corrected chi connectivity index (χ0v) is 12.8. The zero-order chi connectivity index (χ0) is 14.8. The summed E-state index contributed by atoms with van der Waals surface area (Å²) in [7, 11) is 0. The van der Waals surface area contributed by atoms with Crippen molar-refractivity contribution in [1.29, 1.82) is 0 Å². The van der Waals surface area contributed by atoms with E-state index in [1.807, 2.05) is 18.2 Å². The van der Waals surface area contributed by atoms with Crippen molar-refractivity contribution in [2.45, 2.75) is 12.5 Å². The van der Waals surface area contributed by atoms with Crippen molar-refractivity contribution in [3.8, 4) is 0 Å². The topological polar surface area (TPSA) is 20.2 Å². The summed E-state index contributed by atoms with van der Waals surface area (Å²) in [5, 5.41) is 13.7. The first kappa shape index (κ1) is 14.4. The highest BCUT2D eigenvalue weighted by molar-refractivity contribution is 6.42. The van der Waals surface area contributed by atoms with Crippen molar-refractivity contribution in [3.63, 3.8) is 0 Å². The van der Waals surface area contributed by atoms with E-state index in [1.165, 1.54) is 10.8 Å². The lowest BCUT2D eigenvalue weighted by Crippen LogP contribution is -2.02. The summed E-state index contributed by atoms with van der Waals surface area (Å²) in [6.45, 7) is 0. The molecule has 0 saturated heterocycles. The van der Waals surface area contributed by atoms with E-state index in [-0.39, 0.29) is 0 Å². The molecule has 0 saturated carbocycles. The molecule has 3 rings (SSSR count). The summed E-state index contributed by atoms with van der Waals surface area (Å²) in [6.07, 6.45) is -0.164. The first-order valence-corrected chi connectivity index (χ1v) is 7.50. The summed E-state index contributed by atoms with van der Waals surface area (Å²) in [4.78, 5) is 0. The highest BCUT2D eigenvalue weighted by atomic mass is 35.5. The van der Waals surface area contributed by atoms with Gasteiger partial charge in [0, 0.05) is 12.0 Å². The molecule has 0 aliphatic rings. The van der Waals surface area contributed by atoms with Crippen LogP contribution in [0.15, 0.2) is 60.7 Å². The minimum atomic E-state index is -0.669. The molecule has 0 aliphatic carbocycles. The standard InChI is InChI=1S/C18H14Cl2O/c19-16-7-3-6-15(18(16)20)17(21)11-12-8-9-13-4-1-2-5-14(13)10-12/h1-10,17,21H,11H2. The SMILES string of the molecule is OC(Cc1ccc2ccccc2c1)c1cccc(Cl)c1Cl. The largest absolute Gasteiger partial charge is 0.388 e. The Morgan fingerprint density at radius 2 is 1.62 bits per heavy atom. The zero-order valence-electron chi connectivity index (χ0n) is 11.3. The Morgan fingerprint density at radius 1 is 0.857 bits per heavy atom. The molecule has 1 nitrogen and oxygen atoms in total. The molecule has 1 unspecified atom stereocenters. The maximum absolute atomic E-state index is 10.4. The predicted octanol–water partition coefficient (Wildman–Crippen LogP) is 5.42. The monoisotopic (exact) mass is 316 g/mol. The number of halogens is 2. The summed E-state index contributed by atoms with van der Waals surface area (Å²) < 4.78 is 0.